The van der Waals surface area contributed by atoms with E-state index in [2.05, 4.69) is 0 Å². The lowest BCUT2D eigenvalue weighted by Gasteiger charge is -2.12. The van der Waals surface area contributed by atoms with Crippen molar-refractivity contribution in [1.29, 1.82) is 0 Å². The highest BCUT2D eigenvalue weighted by Crippen LogP contribution is 2.26. The number of nitrogens with zero attached hydrogens (tertiary/aromatic N) is 1. The number of thioether (sulfide) groups is 1. The first-order chi connectivity index (χ1) is 10.1. The molecule has 0 bridgehead atoms. The van der Waals surface area contributed by atoms with Gasteiger partial charge in [-0.1, -0.05) is 30.3 Å². The molecule has 0 amide bonds. The number of hydrogen-bond acceptors (Lipinski definition) is 4. The van der Waals surface area contributed by atoms with Crippen molar-refractivity contribution >= 4 is 17.7 Å². The Labute approximate surface area is 128 Å². The number of aromatic carboxylic acids is 1. The van der Waals surface area contributed by atoms with E-state index in [4.69, 9.17) is 5.11 Å². The second kappa shape index (κ2) is 7.33. The molecular formula is C16H18NO3S-. The Balaban J connectivity index is 2.33. The number of carboxylic acids is 1. The fourth-order valence-corrected chi connectivity index (χ4v) is 2.96. The normalized spacial score (nSPS) is 10.8. The third-order valence-corrected chi connectivity index (χ3v) is 4.29. The van der Waals surface area contributed by atoms with E-state index in [-0.39, 0.29) is 12.2 Å². The topological polar surface area (TPSA) is 65.3 Å². The summed E-state index contributed by atoms with van der Waals surface area (Å²) in [6.45, 7) is 2.66. The Kier molecular flexibility index (Phi) is 5.47. The molecule has 0 unspecified atom stereocenters. The summed E-state index contributed by atoms with van der Waals surface area (Å²) in [5, 5.41) is 20.0. The maximum atomic E-state index is 11.2. The first-order valence-corrected chi connectivity index (χ1v) is 7.96. The van der Waals surface area contributed by atoms with Crippen molar-refractivity contribution in [2.24, 2.45) is 0 Å². The van der Waals surface area contributed by atoms with Gasteiger partial charge in [0.25, 0.3) is 0 Å². The third-order valence-electron chi connectivity index (χ3n) is 3.35. The molecule has 1 aromatic heterocycles. The van der Waals surface area contributed by atoms with Gasteiger partial charge in [-0.05, 0) is 18.6 Å². The summed E-state index contributed by atoms with van der Waals surface area (Å²) in [5.74, 6) is 0.364. The third kappa shape index (κ3) is 3.68. The van der Waals surface area contributed by atoms with Crippen LogP contribution >= 0.6 is 11.8 Å². The molecule has 1 N–H and O–H groups in total. The van der Waals surface area contributed by atoms with Gasteiger partial charge in [-0.2, -0.15) is 11.8 Å². The number of rotatable bonds is 7. The van der Waals surface area contributed by atoms with E-state index >= 15 is 0 Å². The van der Waals surface area contributed by atoms with Crippen LogP contribution in [0.15, 0.2) is 36.4 Å². The number of aliphatic hydroxyl groups excluding tert-OH is 1. The van der Waals surface area contributed by atoms with Crippen LogP contribution in [0, 0.1) is 6.92 Å². The second-order valence-corrected chi connectivity index (χ2v) is 5.89. The summed E-state index contributed by atoms with van der Waals surface area (Å²) < 4.78 is 2.00. The molecule has 5 heteroatoms. The summed E-state index contributed by atoms with van der Waals surface area (Å²) >= 11 is 1.64. The molecule has 1 aromatic carbocycles. The van der Waals surface area contributed by atoms with Gasteiger partial charge in [0.2, 0.25) is 0 Å². The molecule has 4 nitrogen and oxygen atoms in total. The van der Waals surface area contributed by atoms with Crippen LogP contribution in [0.1, 0.15) is 16.1 Å². The maximum absolute atomic E-state index is 11.2. The van der Waals surface area contributed by atoms with Gasteiger partial charge < -0.3 is 19.6 Å². The second-order valence-electron chi connectivity index (χ2n) is 4.67. The lowest BCUT2D eigenvalue weighted by molar-refractivity contribution is -0.255. The standard InChI is InChI=1S/C16H19NO3S/c1-12-14(16(19)20)11-15(13-5-3-2-4-6-13)17(12)7-9-21-10-8-18/h2-6,11,18H,7-10H2,1H3,(H,19,20)/p-1. The van der Waals surface area contributed by atoms with Crippen molar-refractivity contribution in [2.45, 2.75) is 13.5 Å². The van der Waals surface area contributed by atoms with Gasteiger partial charge >= 0.3 is 0 Å². The zero-order valence-corrected chi connectivity index (χ0v) is 12.7. The molecule has 0 aliphatic heterocycles. The highest BCUT2D eigenvalue weighted by atomic mass is 32.2. The van der Waals surface area contributed by atoms with Crippen LogP contribution < -0.4 is 5.11 Å². The fraction of sp³-hybridized carbons (Fsp3) is 0.312. The molecule has 0 spiro atoms. The van der Waals surface area contributed by atoms with Crippen molar-refractivity contribution in [1.82, 2.24) is 4.57 Å². The number of carbonyl (C=O) groups is 1. The van der Waals surface area contributed by atoms with E-state index in [0.29, 0.717) is 18.0 Å². The predicted octanol–water partition coefficient (Wildman–Crippen LogP) is 1.55. The molecular weight excluding hydrogens is 286 g/mol. The minimum atomic E-state index is -1.15. The minimum Gasteiger partial charge on any atom is -0.545 e. The summed E-state index contributed by atoms with van der Waals surface area (Å²) in [6, 6.07) is 11.4. The smallest absolute Gasteiger partial charge is 0.0733 e. The molecule has 1 heterocycles. The van der Waals surface area contributed by atoms with Crippen molar-refractivity contribution < 1.29 is 15.0 Å². The van der Waals surface area contributed by atoms with Crippen molar-refractivity contribution in [3.63, 3.8) is 0 Å². The number of carbonyl (C=O) groups excluding carboxylic acids is 1. The van der Waals surface area contributed by atoms with Gasteiger partial charge in [0.15, 0.2) is 0 Å². The SMILES string of the molecule is Cc1c(C(=O)[O-])cc(-c2ccccc2)n1CCSCCO. The van der Waals surface area contributed by atoms with Crippen molar-refractivity contribution in [3.05, 3.63) is 47.7 Å². The highest BCUT2D eigenvalue weighted by molar-refractivity contribution is 7.99. The van der Waals surface area contributed by atoms with Gasteiger partial charge in [0.05, 0.1) is 12.6 Å². The number of benzene rings is 1. The summed E-state index contributed by atoms with van der Waals surface area (Å²) in [4.78, 5) is 11.2. The Morgan fingerprint density at radius 3 is 2.62 bits per heavy atom. The summed E-state index contributed by atoms with van der Waals surface area (Å²) in [6.07, 6.45) is 0. The summed E-state index contributed by atoms with van der Waals surface area (Å²) in [5.41, 5.74) is 2.82. The average molecular weight is 304 g/mol. The zero-order chi connectivity index (χ0) is 15.2. The van der Waals surface area contributed by atoms with E-state index in [0.717, 1.165) is 17.0 Å². The summed E-state index contributed by atoms with van der Waals surface area (Å²) in [7, 11) is 0. The molecule has 0 aliphatic rings. The van der Waals surface area contributed by atoms with Crippen LogP contribution in [0.2, 0.25) is 0 Å². The van der Waals surface area contributed by atoms with Gasteiger partial charge in [0, 0.05) is 35.0 Å². The molecule has 0 saturated heterocycles. The molecule has 0 atom stereocenters. The molecule has 0 aliphatic carbocycles. The van der Waals surface area contributed by atoms with E-state index in [1.807, 2.05) is 34.9 Å². The number of hydrogen-bond donors (Lipinski definition) is 1. The van der Waals surface area contributed by atoms with Gasteiger partial charge in [-0.3, -0.25) is 0 Å². The minimum absolute atomic E-state index is 0.158. The Hall–Kier alpha value is -1.72. The van der Waals surface area contributed by atoms with E-state index < -0.39 is 5.97 Å². The van der Waals surface area contributed by atoms with Gasteiger partial charge in [-0.15, -0.1) is 0 Å². The largest absolute Gasteiger partial charge is 0.545 e. The number of aromatic nitrogens is 1. The number of carboxylic acid groups (broad SMARTS) is 1. The Morgan fingerprint density at radius 2 is 2.00 bits per heavy atom. The van der Waals surface area contributed by atoms with Crippen LogP contribution in [-0.4, -0.2) is 33.8 Å². The van der Waals surface area contributed by atoms with E-state index in [1.165, 1.54) is 0 Å². The first-order valence-electron chi connectivity index (χ1n) is 6.80. The molecule has 2 aromatic rings. The molecule has 21 heavy (non-hydrogen) atoms. The highest BCUT2D eigenvalue weighted by Gasteiger charge is 2.13. The van der Waals surface area contributed by atoms with Crippen LogP contribution in [-0.2, 0) is 6.54 Å². The maximum Gasteiger partial charge on any atom is 0.0733 e. The lowest BCUT2D eigenvalue weighted by Crippen LogP contribution is -2.23. The van der Waals surface area contributed by atoms with E-state index in [9.17, 15) is 9.90 Å². The average Bonchev–Trinajstić information content (AvgIpc) is 2.82. The molecule has 2 rings (SSSR count). The zero-order valence-electron chi connectivity index (χ0n) is 11.9. The van der Waals surface area contributed by atoms with Gasteiger partial charge in [-0.25, -0.2) is 0 Å². The van der Waals surface area contributed by atoms with Gasteiger partial charge in [0.1, 0.15) is 0 Å². The molecule has 0 saturated carbocycles. The van der Waals surface area contributed by atoms with E-state index in [1.54, 1.807) is 24.8 Å². The Morgan fingerprint density at radius 1 is 1.29 bits per heavy atom. The van der Waals surface area contributed by atoms with Crippen LogP contribution in [0.4, 0.5) is 0 Å². The predicted molar refractivity (Wildman–Crippen MR) is 83.3 cm³/mol. The van der Waals surface area contributed by atoms with Crippen LogP contribution in [0.25, 0.3) is 11.3 Å². The van der Waals surface area contributed by atoms with Crippen LogP contribution in [0.3, 0.4) is 0 Å². The fourth-order valence-electron chi connectivity index (χ4n) is 2.31. The molecule has 0 radical (unpaired) electrons. The monoisotopic (exact) mass is 304 g/mol. The lowest BCUT2D eigenvalue weighted by atomic mass is 10.1. The van der Waals surface area contributed by atoms with Crippen LogP contribution in [0.5, 0.6) is 0 Å². The quantitative estimate of drug-likeness (QED) is 0.788. The Bertz CT molecular complexity index is 607. The first kappa shape index (κ1) is 15.7. The van der Waals surface area contributed by atoms with Crippen molar-refractivity contribution in [2.75, 3.05) is 18.1 Å². The molecule has 112 valence electrons. The van der Waals surface area contributed by atoms with Crippen molar-refractivity contribution in [3.8, 4) is 11.3 Å². The molecule has 0 fully saturated rings. The number of aliphatic hydroxyl groups is 1.